The van der Waals surface area contributed by atoms with Gasteiger partial charge in [-0.1, -0.05) is 6.92 Å². The average molecular weight is 267 g/mol. The Morgan fingerprint density at radius 1 is 1.35 bits per heavy atom. The Labute approximate surface area is 103 Å². The number of aliphatic carboxylic acids is 1. The minimum atomic E-state index is -3.37. The molecule has 0 aromatic rings. The minimum absolute atomic E-state index is 0.0280. The summed E-state index contributed by atoms with van der Waals surface area (Å²) in [5.74, 6) is -0.970. The molecule has 0 aliphatic heterocycles. The smallest absolute Gasteiger partial charge is 0.305 e. The Bertz CT molecular complexity index is 346. The lowest BCUT2D eigenvalue weighted by Crippen LogP contribution is -2.50. The van der Waals surface area contributed by atoms with Crippen molar-refractivity contribution in [2.75, 3.05) is 33.4 Å². The molecule has 0 bridgehead atoms. The van der Waals surface area contributed by atoms with Gasteiger partial charge in [0.15, 0.2) is 0 Å². The van der Waals surface area contributed by atoms with Crippen LogP contribution < -0.4 is 4.72 Å². The molecule has 6 nitrogen and oxygen atoms in total. The van der Waals surface area contributed by atoms with E-state index in [1.807, 2.05) is 21.1 Å². The maximum absolute atomic E-state index is 11.6. The monoisotopic (exact) mass is 267 g/mol. The summed E-state index contributed by atoms with van der Waals surface area (Å²) in [7, 11) is 2.30. The van der Waals surface area contributed by atoms with Crippen LogP contribution in [0.5, 0.6) is 0 Å². The molecule has 0 radical (unpaired) electrons. The summed E-state index contributed by atoms with van der Waals surface area (Å²) in [5.41, 5.74) is 0. The standard InChI is InChI=1S/C10H22N2O4S/c1-5-6-17(15,16)11-9(7-10(13)14)8-12(2,3)4/h9,11H,5-8H2,1-4H3/p+1. The minimum Gasteiger partial charge on any atom is -0.481 e. The van der Waals surface area contributed by atoms with Gasteiger partial charge in [0.25, 0.3) is 0 Å². The molecular formula is C10H23N2O4S+. The Kier molecular flexibility index (Phi) is 6.08. The van der Waals surface area contributed by atoms with Crippen LogP contribution in [0.3, 0.4) is 0 Å². The Hall–Kier alpha value is -0.660. The number of carbonyl (C=O) groups is 1. The third-order valence-corrected chi connectivity index (χ3v) is 3.65. The number of carboxylic acid groups (broad SMARTS) is 1. The van der Waals surface area contributed by atoms with Crippen LogP contribution in [0.25, 0.3) is 0 Å². The van der Waals surface area contributed by atoms with Gasteiger partial charge in [-0.15, -0.1) is 0 Å². The number of likely N-dealkylation sites (N-methyl/N-ethyl adjacent to an activating group) is 1. The molecule has 0 rings (SSSR count). The number of nitrogens with one attached hydrogen (secondary N) is 1. The Balaban J connectivity index is 4.65. The van der Waals surface area contributed by atoms with E-state index in [1.54, 1.807) is 6.92 Å². The molecule has 0 fully saturated rings. The summed E-state index contributed by atoms with van der Waals surface area (Å²) in [6.07, 6.45) is 0.317. The molecule has 0 amide bonds. The maximum atomic E-state index is 11.6. The maximum Gasteiger partial charge on any atom is 0.305 e. The number of hydrogen-bond donors (Lipinski definition) is 2. The van der Waals surface area contributed by atoms with Crippen molar-refractivity contribution >= 4 is 16.0 Å². The Morgan fingerprint density at radius 3 is 2.24 bits per heavy atom. The van der Waals surface area contributed by atoms with E-state index in [9.17, 15) is 13.2 Å². The van der Waals surface area contributed by atoms with E-state index < -0.39 is 22.0 Å². The summed E-state index contributed by atoms with van der Waals surface area (Å²) >= 11 is 0. The van der Waals surface area contributed by atoms with Crippen LogP contribution in [0.2, 0.25) is 0 Å². The highest BCUT2D eigenvalue weighted by Gasteiger charge is 2.25. The van der Waals surface area contributed by atoms with E-state index >= 15 is 0 Å². The topological polar surface area (TPSA) is 83.5 Å². The zero-order valence-corrected chi connectivity index (χ0v) is 11.7. The van der Waals surface area contributed by atoms with Gasteiger partial charge in [0, 0.05) is 0 Å². The van der Waals surface area contributed by atoms with Crippen LogP contribution in [-0.2, 0) is 14.8 Å². The van der Waals surface area contributed by atoms with Crippen LogP contribution >= 0.6 is 0 Å². The molecule has 2 N–H and O–H groups in total. The molecule has 7 heteroatoms. The van der Waals surface area contributed by atoms with Crippen LogP contribution in [0.15, 0.2) is 0 Å². The predicted octanol–water partition coefficient (Wildman–Crippen LogP) is -0.135. The third kappa shape index (κ3) is 9.08. The lowest BCUT2D eigenvalue weighted by atomic mass is 10.2. The van der Waals surface area contributed by atoms with Crippen LogP contribution in [0.4, 0.5) is 0 Å². The SMILES string of the molecule is CCCS(=O)(=O)NC(CC(=O)O)C[N+](C)(C)C. The highest BCUT2D eigenvalue weighted by Crippen LogP contribution is 2.03. The number of sulfonamides is 1. The summed E-state index contributed by atoms with van der Waals surface area (Å²) in [6, 6.07) is -0.566. The van der Waals surface area contributed by atoms with Crippen LogP contribution in [0.1, 0.15) is 19.8 Å². The van der Waals surface area contributed by atoms with E-state index in [-0.39, 0.29) is 12.2 Å². The second-order valence-electron chi connectivity index (χ2n) is 5.20. The molecule has 0 aromatic heterocycles. The van der Waals surface area contributed by atoms with Gasteiger partial charge >= 0.3 is 5.97 Å². The number of nitrogens with zero attached hydrogens (tertiary/aromatic N) is 1. The summed E-state index contributed by atoms with van der Waals surface area (Å²) in [4.78, 5) is 10.7. The van der Waals surface area contributed by atoms with Crippen LogP contribution in [-0.4, -0.2) is 63.5 Å². The fourth-order valence-electron chi connectivity index (χ4n) is 1.60. The normalized spacial score (nSPS) is 14.6. The first-order valence-electron chi connectivity index (χ1n) is 5.58. The van der Waals surface area contributed by atoms with E-state index in [1.165, 1.54) is 0 Å². The van der Waals surface area contributed by atoms with Crippen molar-refractivity contribution in [2.45, 2.75) is 25.8 Å². The van der Waals surface area contributed by atoms with E-state index in [4.69, 9.17) is 5.11 Å². The quantitative estimate of drug-likeness (QED) is 0.600. The van der Waals surface area contributed by atoms with E-state index in [2.05, 4.69) is 4.72 Å². The second-order valence-corrected chi connectivity index (χ2v) is 7.08. The van der Waals surface area contributed by atoms with Gasteiger partial charge in [0.1, 0.15) is 0 Å². The van der Waals surface area contributed by atoms with Gasteiger partial charge in [0.05, 0.1) is 45.9 Å². The van der Waals surface area contributed by atoms with Crippen molar-refractivity contribution in [1.82, 2.24) is 4.72 Å². The van der Waals surface area contributed by atoms with Gasteiger partial charge in [-0.05, 0) is 6.42 Å². The summed E-state index contributed by atoms with van der Waals surface area (Å²) in [6.45, 7) is 2.21. The number of rotatable bonds is 8. The molecule has 1 atom stereocenters. The zero-order valence-electron chi connectivity index (χ0n) is 10.9. The highest BCUT2D eigenvalue weighted by molar-refractivity contribution is 7.89. The van der Waals surface area contributed by atoms with E-state index in [0.29, 0.717) is 17.4 Å². The lowest BCUT2D eigenvalue weighted by Gasteiger charge is -2.28. The molecule has 1 unspecified atom stereocenters. The van der Waals surface area contributed by atoms with E-state index in [0.717, 1.165) is 0 Å². The third-order valence-electron chi connectivity index (χ3n) is 2.01. The first kappa shape index (κ1) is 16.3. The van der Waals surface area contributed by atoms with Gasteiger partial charge in [0.2, 0.25) is 10.0 Å². The van der Waals surface area contributed by atoms with Crippen molar-refractivity contribution in [3.8, 4) is 0 Å². The van der Waals surface area contributed by atoms with Crippen molar-refractivity contribution in [3.05, 3.63) is 0 Å². The highest BCUT2D eigenvalue weighted by atomic mass is 32.2. The molecule has 17 heavy (non-hydrogen) atoms. The molecule has 0 heterocycles. The first-order chi connectivity index (χ1) is 7.56. The van der Waals surface area contributed by atoms with Gasteiger partial charge in [-0.3, -0.25) is 4.79 Å². The molecule has 0 aromatic carbocycles. The number of hydrogen-bond acceptors (Lipinski definition) is 3. The molecule has 102 valence electrons. The molecule has 0 spiro atoms. The van der Waals surface area contributed by atoms with Crippen molar-refractivity contribution in [2.24, 2.45) is 0 Å². The molecule has 0 aliphatic carbocycles. The summed E-state index contributed by atoms with van der Waals surface area (Å²) < 4.78 is 26.2. The first-order valence-corrected chi connectivity index (χ1v) is 7.23. The zero-order chi connectivity index (χ0) is 13.7. The van der Waals surface area contributed by atoms with Gasteiger partial charge < -0.3 is 9.59 Å². The van der Waals surface area contributed by atoms with Crippen molar-refractivity contribution < 1.29 is 22.8 Å². The fourth-order valence-corrected chi connectivity index (χ4v) is 2.92. The number of carboxylic acids is 1. The van der Waals surface area contributed by atoms with Crippen LogP contribution in [0, 0.1) is 0 Å². The van der Waals surface area contributed by atoms with Gasteiger partial charge in [-0.25, -0.2) is 13.1 Å². The molecular weight excluding hydrogens is 244 g/mol. The Morgan fingerprint density at radius 2 is 1.88 bits per heavy atom. The van der Waals surface area contributed by atoms with Gasteiger partial charge in [-0.2, -0.15) is 0 Å². The summed E-state index contributed by atoms with van der Waals surface area (Å²) in [5, 5.41) is 8.77. The lowest BCUT2D eigenvalue weighted by molar-refractivity contribution is -0.871. The van der Waals surface area contributed by atoms with Crippen molar-refractivity contribution in [1.29, 1.82) is 0 Å². The fraction of sp³-hybridized carbons (Fsp3) is 0.900. The molecule has 0 saturated carbocycles. The molecule has 0 aliphatic rings. The molecule has 0 saturated heterocycles. The largest absolute Gasteiger partial charge is 0.481 e. The average Bonchev–Trinajstić information content (AvgIpc) is 1.96. The van der Waals surface area contributed by atoms with Crippen molar-refractivity contribution in [3.63, 3.8) is 0 Å². The number of quaternary nitrogens is 1. The second kappa shape index (κ2) is 6.32. The predicted molar refractivity (Wildman–Crippen MR) is 66.2 cm³/mol.